The summed E-state index contributed by atoms with van der Waals surface area (Å²) in [5, 5.41) is 55.2. The fraction of sp³-hybridized carbons (Fsp3) is 0.976. The molecule has 1 fully saturated rings. The van der Waals surface area contributed by atoms with E-state index in [1.54, 1.807) is 0 Å². The van der Waals surface area contributed by atoms with Crippen molar-refractivity contribution in [1.29, 1.82) is 0 Å². The van der Waals surface area contributed by atoms with E-state index in [1.807, 2.05) is 0 Å². The summed E-state index contributed by atoms with van der Waals surface area (Å²) in [6.45, 7) is 3.26. The number of amides is 1. The largest absolute Gasteiger partial charge is 0.397 e. The lowest BCUT2D eigenvalue weighted by Crippen LogP contribution is -2.61. The minimum atomic E-state index is -5.10. The van der Waals surface area contributed by atoms with Crippen molar-refractivity contribution in [2.24, 2.45) is 0 Å². The minimum absolute atomic E-state index is 0.266. The molecule has 14 heteroatoms. The summed E-state index contributed by atoms with van der Waals surface area (Å²) in [5.74, 6) is -0.668. The van der Waals surface area contributed by atoms with Crippen LogP contribution in [0.4, 0.5) is 0 Å². The summed E-state index contributed by atoms with van der Waals surface area (Å²) in [7, 11) is -5.10. The first-order valence-corrected chi connectivity index (χ1v) is 23.9. The Bertz CT molecular complexity index is 1040. The molecule has 8 atom stereocenters. The minimum Gasteiger partial charge on any atom is -0.394 e. The number of unbranched alkanes of at least 4 members (excludes halogenated alkanes) is 25. The van der Waals surface area contributed by atoms with Crippen LogP contribution >= 0.6 is 0 Å². The van der Waals surface area contributed by atoms with Crippen LogP contribution in [0.5, 0.6) is 0 Å². The Morgan fingerprint density at radius 3 is 1.43 bits per heavy atom. The first kappa shape index (κ1) is 53.1. The van der Waals surface area contributed by atoms with E-state index in [0.717, 1.165) is 38.5 Å². The van der Waals surface area contributed by atoms with Crippen LogP contribution in [0.25, 0.3) is 0 Å². The summed E-state index contributed by atoms with van der Waals surface area (Å²) in [6, 6.07) is -1.03. The van der Waals surface area contributed by atoms with Gasteiger partial charge in [0.05, 0.1) is 25.4 Å². The fourth-order valence-electron chi connectivity index (χ4n) is 7.41. The molecule has 0 aromatic rings. The van der Waals surface area contributed by atoms with E-state index in [4.69, 9.17) is 14.0 Å². The molecule has 13 nitrogen and oxygen atoms in total. The third-order valence-corrected chi connectivity index (χ3v) is 11.5. The number of rotatable bonds is 38. The van der Waals surface area contributed by atoms with Gasteiger partial charge >= 0.3 is 10.4 Å². The molecule has 1 saturated heterocycles. The molecule has 8 unspecified atom stereocenters. The van der Waals surface area contributed by atoms with Crippen LogP contribution in [-0.2, 0) is 28.9 Å². The first-order valence-electron chi connectivity index (χ1n) is 22.5. The monoisotopic (exact) mass is 826 g/mol. The number of carbonyl (C=O) groups excluding carboxylic acids is 1. The Balaban J connectivity index is 2.55. The van der Waals surface area contributed by atoms with Crippen molar-refractivity contribution in [1.82, 2.24) is 5.32 Å². The summed E-state index contributed by atoms with van der Waals surface area (Å²) in [5.41, 5.74) is 0. The molecule has 0 spiro atoms. The molecular weight excluding hydrogens is 743 g/mol. The highest BCUT2D eigenvalue weighted by molar-refractivity contribution is 7.80. The van der Waals surface area contributed by atoms with Crippen LogP contribution in [0.2, 0.25) is 0 Å². The second kappa shape index (κ2) is 33.8. The number of hydrogen-bond donors (Lipinski definition) is 7. The molecule has 7 N–H and O–H groups in total. The SMILES string of the molecule is CCCCCCCCCCCCCCCCCCC(O)C(=O)NC(COC1OC(CO)C(O)C(OS(=O)(=O)O)C1O)C(O)CCCCCCCCCCCCC. The van der Waals surface area contributed by atoms with Gasteiger partial charge in [-0.3, -0.25) is 9.35 Å². The van der Waals surface area contributed by atoms with Crippen molar-refractivity contribution in [3.63, 3.8) is 0 Å². The Labute approximate surface area is 340 Å². The van der Waals surface area contributed by atoms with Gasteiger partial charge in [-0.15, -0.1) is 0 Å². The number of aliphatic hydroxyl groups excluding tert-OH is 5. The Hall–Kier alpha value is -0.940. The summed E-state index contributed by atoms with van der Waals surface area (Å²) in [4.78, 5) is 13.1. The number of hydrogen-bond acceptors (Lipinski definition) is 11. The zero-order chi connectivity index (χ0) is 41.4. The average molecular weight is 826 g/mol. The van der Waals surface area contributed by atoms with E-state index in [2.05, 4.69) is 23.3 Å². The quantitative estimate of drug-likeness (QED) is 0.0244. The van der Waals surface area contributed by atoms with Crippen LogP contribution in [0, 0.1) is 0 Å². The van der Waals surface area contributed by atoms with E-state index in [9.17, 15) is 38.7 Å². The van der Waals surface area contributed by atoms with Gasteiger partial charge < -0.3 is 40.3 Å². The van der Waals surface area contributed by atoms with E-state index in [-0.39, 0.29) is 6.42 Å². The van der Waals surface area contributed by atoms with Gasteiger partial charge in [-0.1, -0.05) is 187 Å². The van der Waals surface area contributed by atoms with Gasteiger partial charge in [0.1, 0.15) is 30.5 Å². The summed E-state index contributed by atoms with van der Waals surface area (Å²) < 4.78 is 47.5. The molecule has 0 saturated carbocycles. The molecule has 0 bridgehead atoms. The van der Waals surface area contributed by atoms with Crippen molar-refractivity contribution in [3.05, 3.63) is 0 Å². The maximum Gasteiger partial charge on any atom is 0.397 e. The van der Waals surface area contributed by atoms with Gasteiger partial charge in [0.25, 0.3) is 0 Å². The third kappa shape index (κ3) is 26.2. The van der Waals surface area contributed by atoms with Crippen LogP contribution in [0.15, 0.2) is 0 Å². The second-order valence-corrected chi connectivity index (χ2v) is 17.2. The van der Waals surface area contributed by atoms with Crippen molar-refractivity contribution in [2.75, 3.05) is 13.2 Å². The zero-order valence-electron chi connectivity index (χ0n) is 35.1. The molecule has 1 rings (SSSR count). The molecule has 1 aliphatic heterocycles. The normalized spacial score (nSPS) is 21.9. The van der Waals surface area contributed by atoms with Gasteiger partial charge in [0, 0.05) is 0 Å². The summed E-state index contributed by atoms with van der Waals surface area (Å²) >= 11 is 0. The van der Waals surface area contributed by atoms with Crippen LogP contribution in [0.1, 0.15) is 200 Å². The lowest BCUT2D eigenvalue weighted by atomic mass is 9.99. The second-order valence-electron chi connectivity index (χ2n) is 16.1. The van der Waals surface area contributed by atoms with Gasteiger partial charge in [0.15, 0.2) is 6.29 Å². The molecule has 0 aromatic carbocycles. The van der Waals surface area contributed by atoms with Crippen molar-refractivity contribution >= 4 is 16.3 Å². The molecule has 1 aliphatic rings. The number of carbonyl (C=O) groups is 1. The van der Waals surface area contributed by atoms with Gasteiger partial charge in [-0.2, -0.15) is 8.42 Å². The molecule has 1 heterocycles. The lowest BCUT2D eigenvalue weighted by Gasteiger charge is -2.41. The predicted molar refractivity (Wildman–Crippen MR) is 219 cm³/mol. The van der Waals surface area contributed by atoms with Crippen molar-refractivity contribution in [2.45, 2.75) is 249 Å². The molecular formula is C42H83NO12S. The standard InChI is InChI=1S/C42H83NO12S/c1-3-5-7-9-11-13-15-16-17-18-19-21-23-25-27-29-31-36(46)41(49)43-34(35(45)30-28-26-24-22-20-14-12-10-8-6-4-2)33-53-42-39(48)40(55-56(50,51)52)38(47)37(32-44)54-42/h34-40,42,44-48H,3-33H2,1-2H3,(H,43,49)(H,50,51,52). The van der Waals surface area contributed by atoms with E-state index >= 15 is 0 Å². The predicted octanol–water partition coefficient (Wildman–Crippen LogP) is 7.19. The Morgan fingerprint density at radius 2 is 1.04 bits per heavy atom. The van der Waals surface area contributed by atoms with E-state index in [0.29, 0.717) is 19.3 Å². The number of aliphatic hydroxyl groups is 5. The lowest BCUT2D eigenvalue weighted by molar-refractivity contribution is -0.298. The molecule has 334 valence electrons. The third-order valence-electron chi connectivity index (χ3n) is 11.0. The maximum atomic E-state index is 13.1. The highest BCUT2D eigenvalue weighted by Crippen LogP contribution is 2.26. The highest BCUT2D eigenvalue weighted by atomic mass is 32.3. The van der Waals surface area contributed by atoms with Gasteiger partial charge in [-0.25, -0.2) is 4.18 Å². The number of ether oxygens (including phenoxy) is 2. The smallest absolute Gasteiger partial charge is 0.394 e. The molecule has 56 heavy (non-hydrogen) atoms. The maximum absolute atomic E-state index is 13.1. The molecule has 1 amide bonds. The topological polar surface area (TPSA) is 212 Å². The molecule has 0 aliphatic carbocycles. The highest BCUT2D eigenvalue weighted by Gasteiger charge is 2.48. The van der Waals surface area contributed by atoms with Crippen LogP contribution in [-0.4, -0.2) is 107 Å². The van der Waals surface area contributed by atoms with E-state index < -0.39 is 78.5 Å². The molecule has 0 radical (unpaired) electrons. The first-order chi connectivity index (χ1) is 26.9. The zero-order valence-corrected chi connectivity index (χ0v) is 35.9. The Morgan fingerprint density at radius 1 is 0.643 bits per heavy atom. The van der Waals surface area contributed by atoms with Gasteiger partial charge in [0.2, 0.25) is 5.91 Å². The van der Waals surface area contributed by atoms with Crippen molar-refractivity contribution < 1.29 is 57.0 Å². The van der Waals surface area contributed by atoms with Crippen molar-refractivity contribution in [3.8, 4) is 0 Å². The average Bonchev–Trinajstić information content (AvgIpc) is 3.16. The van der Waals surface area contributed by atoms with Crippen LogP contribution in [0.3, 0.4) is 0 Å². The summed E-state index contributed by atoms with van der Waals surface area (Å²) in [6.07, 6.45) is 21.5. The van der Waals surface area contributed by atoms with E-state index in [1.165, 1.54) is 122 Å². The van der Waals surface area contributed by atoms with Gasteiger partial charge in [-0.05, 0) is 12.8 Å². The number of nitrogens with one attached hydrogen (secondary N) is 1. The van der Waals surface area contributed by atoms with Crippen LogP contribution < -0.4 is 5.32 Å². The Kier molecular flexibility index (Phi) is 32.1. The fourth-order valence-corrected chi connectivity index (χ4v) is 7.92. The molecule has 0 aromatic heterocycles.